The van der Waals surface area contributed by atoms with Gasteiger partial charge in [0.05, 0.1) is 5.02 Å². The number of likely N-dealkylation sites (N-methyl/N-ethyl adjacent to an activating group) is 1. The molecule has 0 bridgehead atoms. The molecule has 1 heterocycles. The van der Waals surface area contributed by atoms with Gasteiger partial charge in [-0.15, -0.1) is 0 Å². The number of nitrogens with zero attached hydrogens (tertiary/aromatic N) is 2. The van der Waals surface area contributed by atoms with E-state index in [9.17, 15) is 0 Å². The molecule has 0 unspecified atom stereocenters. The molecule has 0 spiro atoms. The zero-order valence-corrected chi connectivity index (χ0v) is 12.9. The second-order valence-corrected chi connectivity index (χ2v) is 5.20. The summed E-state index contributed by atoms with van der Waals surface area (Å²) in [6, 6.07) is 1.99. The Bertz CT molecular complexity index is 418. The van der Waals surface area contributed by atoms with Gasteiger partial charge in [0, 0.05) is 25.8 Å². The molecule has 0 aliphatic heterocycles. The van der Waals surface area contributed by atoms with Gasteiger partial charge >= 0.3 is 0 Å². The minimum atomic E-state index is 0.707. The molecule has 0 saturated heterocycles. The van der Waals surface area contributed by atoms with Gasteiger partial charge in [-0.3, -0.25) is 0 Å². The van der Waals surface area contributed by atoms with Gasteiger partial charge in [-0.25, -0.2) is 4.98 Å². The van der Waals surface area contributed by atoms with Gasteiger partial charge in [0.2, 0.25) is 0 Å². The number of nitrogens with one attached hydrogen (secondary N) is 1. The summed E-state index contributed by atoms with van der Waals surface area (Å²) in [5, 5.41) is 4.05. The molecular weight excluding hydrogens is 258 g/mol. The van der Waals surface area contributed by atoms with Crippen LogP contribution in [-0.4, -0.2) is 24.6 Å². The molecular formula is C15H24ClN3. The van der Waals surface area contributed by atoms with Crippen LogP contribution in [0, 0.1) is 0 Å². The lowest BCUT2D eigenvalue weighted by Crippen LogP contribution is -2.26. The van der Waals surface area contributed by atoms with E-state index in [0.29, 0.717) is 5.02 Å². The number of rotatable bonds is 8. The normalized spacial score (nSPS) is 10.5. The average Bonchev–Trinajstić information content (AvgIpc) is 2.37. The monoisotopic (exact) mass is 281 g/mol. The Hall–Kier alpha value is -1.06. The van der Waals surface area contributed by atoms with Crippen LogP contribution in [0.1, 0.15) is 32.8 Å². The zero-order valence-electron chi connectivity index (χ0n) is 12.2. The molecule has 1 N–H and O–H groups in total. The Morgan fingerprint density at radius 3 is 2.74 bits per heavy atom. The highest BCUT2D eigenvalue weighted by Crippen LogP contribution is 2.24. The first-order valence-electron chi connectivity index (χ1n) is 6.82. The van der Waals surface area contributed by atoms with E-state index in [4.69, 9.17) is 11.6 Å². The third-order valence-electron chi connectivity index (χ3n) is 2.78. The van der Waals surface area contributed by atoms with E-state index in [2.05, 4.69) is 35.6 Å². The number of pyridine rings is 1. The van der Waals surface area contributed by atoms with Crippen LogP contribution in [0.4, 0.5) is 5.82 Å². The van der Waals surface area contributed by atoms with Gasteiger partial charge in [0.1, 0.15) is 5.82 Å². The minimum Gasteiger partial charge on any atom is -0.352 e. The maximum Gasteiger partial charge on any atom is 0.147 e. The summed E-state index contributed by atoms with van der Waals surface area (Å²) < 4.78 is 0. The second-order valence-electron chi connectivity index (χ2n) is 4.80. The number of halogens is 1. The molecule has 0 radical (unpaired) electrons. The standard InChI is InChI=1S/C15H24ClN3/c1-5-7-17-9-13-8-14(16)15(18-10-13)19(6-2)11-12(3)4/h8,10,17H,3,5-7,9,11H2,1-2,4H3. The molecule has 1 aromatic rings. The van der Waals surface area contributed by atoms with Crippen LogP contribution in [0.15, 0.2) is 24.4 Å². The van der Waals surface area contributed by atoms with Crippen molar-refractivity contribution in [2.24, 2.45) is 0 Å². The van der Waals surface area contributed by atoms with Crippen molar-refractivity contribution in [1.82, 2.24) is 10.3 Å². The lowest BCUT2D eigenvalue weighted by molar-refractivity contribution is 0.673. The third-order valence-corrected chi connectivity index (χ3v) is 3.05. The Morgan fingerprint density at radius 2 is 2.21 bits per heavy atom. The molecule has 1 aromatic heterocycles. The van der Waals surface area contributed by atoms with E-state index >= 15 is 0 Å². The van der Waals surface area contributed by atoms with Crippen molar-refractivity contribution in [1.29, 1.82) is 0 Å². The maximum absolute atomic E-state index is 6.34. The third kappa shape index (κ3) is 5.21. The number of hydrogen-bond acceptors (Lipinski definition) is 3. The van der Waals surface area contributed by atoms with E-state index < -0.39 is 0 Å². The second kappa shape index (κ2) is 8.18. The van der Waals surface area contributed by atoms with Crippen LogP contribution in [0.2, 0.25) is 5.02 Å². The molecule has 0 aliphatic carbocycles. The molecule has 0 amide bonds. The van der Waals surface area contributed by atoms with Gasteiger partial charge in [-0.2, -0.15) is 0 Å². The Kier molecular flexibility index (Phi) is 6.89. The number of anilines is 1. The lowest BCUT2D eigenvalue weighted by atomic mass is 10.2. The van der Waals surface area contributed by atoms with Crippen molar-refractivity contribution in [3.8, 4) is 0 Å². The van der Waals surface area contributed by atoms with Crippen LogP contribution in [0.5, 0.6) is 0 Å². The number of aromatic nitrogens is 1. The molecule has 0 aromatic carbocycles. The Morgan fingerprint density at radius 1 is 1.47 bits per heavy atom. The predicted molar refractivity (Wildman–Crippen MR) is 83.9 cm³/mol. The van der Waals surface area contributed by atoms with Crippen LogP contribution in [0.25, 0.3) is 0 Å². The highest BCUT2D eigenvalue weighted by atomic mass is 35.5. The molecule has 0 fully saturated rings. The molecule has 0 saturated carbocycles. The first-order chi connectivity index (χ1) is 9.08. The quantitative estimate of drug-likeness (QED) is 0.582. The molecule has 19 heavy (non-hydrogen) atoms. The van der Waals surface area contributed by atoms with E-state index in [1.54, 1.807) is 0 Å². The fourth-order valence-corrected chi connectivity index (χ4v) is 2.18. The molecule has 4 heteroatoms. The van der Waals surface area contributed by atoms with Crippen LogP contribution < -0.4 is 10.2 Å². The highest BCUT2D eigenvalue weighted by molar-refractivity contribution is 6.33. The minimum absolute atomic E-state index is 0.707. The highest BCUT2D eigenvalue weighted by Gasteiger charge is 2.11. The fraction of sp³-hybridized carbons (Fsp3) is 0.533. The van der Waals surface area contributed by atoms with Crippen molar-refractivity contribution in [2.75, 3.05) is 24.5 Å². The fourth-order valence-electron chi connectivity index (χ4n) is 1.87. The summed E-state index contributed by atoms with van der Waals surface area (Å²) in [7, 11) is 0. The molecule has 3 nitrogen and oxygen atoms in total. The largest absolute Gasteiger partial charge is 0.352 e. The van der Waals surface area contributed by atoms with Gasteiger partial charge in [0.25, 0.3) is 0 Å². The molecule has 106 valence electrons. The maximum atomic E-state index is 6.34. The van der Waals surface area contributed by atoms with Gasteiger partial charge in [0.15, 0.2) is 0 Å². The molecule has 0 atom stereocenters. The summed E-state index contributed by atoms with van der Waals surface area (Å²) in [5.41, 5.74) is 2.22. The average molecular weight is 282 g/mol. The van der Waals surface area contributed by atoms with Crippen molar-refractivity contribution in [3.63, 3.8) is 0 Å². The topological polar surface area (TPSA) is 28.2 Å². The van der Waals surface area contributed by atoms with E-state index in [-0.39, 0.29) is 0 Å². The number of hydrogen-bond donors (Lipinski definition) is 1. The van der Waals surface area contributed by atoms with Crippen LogP contribution >= 0.6 is 11.6 Å². The van der Waals surface area contributed by atoms with Gasteiger partial charge in [-0.05, 0) is 38.4 Å². The summed E-state index contributed by atoms with van der Waals surface area (Å²) >= 11 is 6.34. The van der Waals surface area contributed by atoms with Crippen molar-refractivity contribution < 1.29 is 0 Å². The van der Waals surface area contributed by atoms with Crippen molar-refractivity contribution in [2.45, 2.75) is 33.7 Å². The van der Waals surface area contributed by atoms with E-state index in [1.807, 2.05) is 19.2 Å². The van der Waals surface area contributed by atoms with E-state index in [1.165, 1.54) is 0 Å². The summed E-state index contributed by atoms with van der Waals surface area (Å²) in [5.74, 6) is 0.839. The Balaban J connectivity index is 2.77. The van der Waals surface area contributed by atoms with Crippen molar-refractivity contribution in [3.05, 3.63) is 35.0 Å². The zero-order chi connectivity index (χ0) is 14.3. The summed E-state index contributed by atoms with van der Waals surface area (Å²) in [4.78, 5) is 6.63. The van der Waals surface area contributed by atoms with Crippen molar-refractivity contribution >= 4 is 17.4 Å². The van der Waals surface area contributed by atoms with Crippen LogP contribution in [-0.2, 0) is 6.54 Å². The predicted octanol–water partition coefficient (Wildman–Crippen LogP) is 3.64. The summed E-state index contributed by atoms with van der Waals surface area (Å²) in [6.45, 7) is 13.7. The first kappa shape index (κ1) is 16.0. The lowest BCUT2D eigenvalue weighted by Gasteiger charge is -2.23. The SMILES string of the molecule is C=C(C)CN(CC)c1ncc(CNCCC)cc1Cl. The molecule has 1 rings (SSSR count). The van der Waals surface area contributed by atoms with E-state index in [0.717, 1.165) is 49.6 Å². The smallest absolute Gasteiger partial charge is 0.147 e. The Labute approximate surface area is 121 Å². The molecule has 0 aliphatic rings. The van der Waals surface area contributed by atoms with Gasteiger partial charge in [-0.1, -0.05) is 30.7 Å². The first-order valence-corrected chi connectivity index (χ1v) is 7.20. The van der Waals surface area contributed by atoms with Crippen LogP contribution in [0.3, 0.4) is 0 Å². The summed E-state index contributed by atoms with van der Waals surface area (Å²) in [6.07, 6.45) is 3.02. The van der Waals surface area contributed by atoms with Gasteiger partial charge < -0.3 is 10.2 Å².